The highest BCUT2D eigenvalue weighted by Gasteiger charge is 2.34. The van der Waals surface area contributed by atoms with Crippen LogP contribution in [0.15, 0.2) is 9.31 Å². The lowest BCUT2D eigenvalue weighted by atomic mass is 9.96. The Hall–Kier alpha value is -0.520. The van der Waals surface area contributed by atoms with Crippen molar-refractivity contribution >= 4 is 21.6 Å². The summed E-state index contributed by atoms with van der Waals surface area (Å²) in [4.78, 5) is 0.262. The lowest BCUT2D eigenvalue weighted by molar-refractivity contribution is 0.285. The summed E-state index contributed by atoms with van der Waals surface area (Å²) in [6.45, 7) is 3.44. The van der Waals surface area contributed by atoms with E-state index in [-0.39, 0.29) is 16.8 Å². The maximum atomic E-state index is 12.9. The number of alkyl halides is 1. The van der Waals surface area contributed by atoms with Crippen LogP contribution in [0, 0.1) is 13.8 Å². The molecule has 0 saturated heterocycles. The molecule has 4 nitrogen and oxygen atoms in total. The lowest BCUT2D eigenvalue weighted by Gasteiger charge is -2.30. The van der Waals surface area contributed by atoms with E-state index in [2.05, 4.69) is 0 Å². The number of hydrogen-bond acceptors (Lipinski definition) is 3. The van der Waals surface area contributed by atoms with Crippen LogP contribution in [0.2, 0.25) is 0 Å². The van der Waals surface area contributed by atoms with Crippen molar-refractivity contribution in [2.75, 3.05) is 7.05 Å². The molecule has 0 radical (unpaired) electrons. The molecular formula is C14H22ClNO3S. The smallest absolute Gasteiger partial charge is 0.246 e. The van der Waals surface area contributed by atoms with Crippen LogP contribution in [0.1, 0.15) is 49.2 Å². The fourth-order valence-electron chi connectivity index (χ4n) is 2.99. The lowest BCUT2D eigenvalue weighted by Crippen LogP contribution is -2.38. The van der Waals surface area contributed by atoms with Crippen LogP contribution in [-0.4, -0.2) is 25.8 Å². The number of halogens is 1. The Morgan fingerprint density at radius 1 is 1.20 bits per heavy atom. The number of nitrogens with zero attached hydrogens (tertiary/aromatic N) is 1. The summed E-state index contributed by atoms with van der Waals surface area (Å²) >= 11 is 5.90. The molecule has 1 aromatic heterocycles. The highest BCUT2D eigenvalue weighted by atomic mass is 35.5. The highest BCUT2D eigenvalue weighted by molar-refractivity contribution is 7.89. The van der Waals surface area contributed by atoms with Crippen molar-refractivity contribution in [3.8, 4) is 0 Å². The predicted octanol–water partition coefficient (Wildman–Crippen LogP) is 3.59. The van der Waals surface area contributed by atoms with Crippen LogP contribution >= 0.6 is 11.6 Å². The van der Waals surface area contributed by atoms with Crippen LogP contribution in [0.4, 0.5) is 0 Å². The average molecular weight is 320 g/mol. The van der Waals surface area contributed by atoms with Gasteiger partial charge in [0.05, 0.1) is 5.88 Å². The van der Waals surface area contributed by atoms with Crippen molar-refractivity contribution in [2.45, 2.75) is 62.8 Å². The van der Waals surface area contributed by atoms with Gasteiger partial charge < -0.3 is 4.42 Å². The number of sulfonamides is 1. The number of rotatable bonds is 4. The van der Waals surface area contributed by atoms with Crippen molar-refractivity contribution in [1.82, 2.24) is 4.31 Å². The summed E-state index contributed by atoms with van der Waals surface area (Å²) in [7, 11) is -1.86. The van der Waals surface area contributed by atoms with Crippen molar-refractivity contribution < 1.29 is 12.8 Å². The summed E-state index contributed by atoms with van der Waals surface area (Å²) in [5.41, 5.74) is 0.590. The first-order valence-corrected chi connectivity index (χ1v) is 9.00. The molecule has 0 spiro atoms. The zero-order chi connectivity index (χ0) is 14.9. The average Bonchev–Trinajstić information content (AvgIpc) is 2.73. The van der Waals surface area contributed by atoms with Crippen LogP contribution in [0.5, 0.6) is 0 Å². The molecule has 1 aliphatic carbocycles. The van der Waals surface area contributed by atoms with Gasteiger partial charge in [-0.25, -0.2) is 8.42 Å². The van der Waals surface area contributed by atoms with E-state index in [0.717, 1.165) is 25.7 Å². The summed E-state index contributed by atoms with van der Waals surface area (Å²) in [5.74, 6) is 1.17. The summed E-state index contributed by atoms with van der Waals surface area (Å²) in [6.07, 6.45) is 5.25. The molecule has 0 atom stereocenters. The fourth-order valence-corrected chi connectivity index (χ4v) is 5.21. The van der Waals surface area contributed by atoms with E-state index < -0.39 is 10.0 Å². The van der Waals surface area contributed by atoms with E-state index in [1.54, 1.807) is 20.9 Å². The molecule has 1 saturated carbocycles. The summed E-state index contributed by atoms with van der Waals surface area (Å²) in [6, 6.07) is 0.0894. The van der Waals surface area contributed by atoms with E-state index in [9.17, 15) is 8.42 Å². The molecule has 2 rings (SSSR count). The van der Waals surface area contributed by atoms with E-state index in [1.165, 1.54) is 10.7 Å². The Labute approximate surface area is 126 Å². The molecule has 0 bridgehead atoms. The molecule has 6 heteroatoms. The third kappa shape index (κ3) is 2.76. The van der Waals surface area contributed by atoms with Crippen molar-refractivity contribution in [3.63, 3.8) is 0 Å². The molecular weight excluding hydrogens is 298 g/mol. The molecule has 0 unspecified atom stereocenters. The first-order valence-electron chi connectivity index (χ1n) is 7.02. The molecule has 1 heterocycles. The maximum absolute atomic E-state index is 12.9. The minimum Gasteiger partial charge on any atom is -0.465 e. The van der Waals surface area contributed by atoms with Gasteiger partial charge in [-0.2, -0.15) is 4.31 Å². The Morgan fingerprint density at radius 3 is 2.35 bits per heavy atom. The second-order valence-electron chi connectivity index (χ2n) is 5.47. The third-order valence-corrected chi connectivity index (χ3v) is 6.56. The van der Waals surface area contributed by atoms with Crippen molar-refractivity contribution in [3.05, 3.63) is 17.1 Å². The van der Waals surface area contributed by atoms with Gasteiger partial charge in [0, 0.05) is 18.7 Å². The van der Waals surface area contributed by atoms with Gasteiger partial charge in [-0.3, -0.25) is 0 Å². The molecule has 20 heavy (non-hydrogen) atoms. The van der Waals surface area contributed by atoms with Crippen LogP contribution in [-0.2, 0) is 15.9 Å². The van der Waals surface area contributed by atoms with Crippen LogP contribution in [0.3, 0.4) is 0 Å². The zero-order valence-corrected chi connectivity index (χ0v) is 13.9. The van der Waals surface area contributed by atoms with Gasteiger partial charge >= 0.3 is 0 Å². The first kappa shape index (κ1) is 15.9. The zero-order valence-electron chi connectivity index (χ0n) is 12.3. The standard InChI is InChI=1S/C14H22ClNO3S/c1-10-13(9-15)14(11(2)19-10)20(17,18)16(3)12-7-5-4-6-8-12/h12H,4-9H2,1-3H3. The van der Waals surface area contributed by atoms with Gasteiger partial charge in [0.15, 0.2) is 0 Å². The second-order valence-corrected chi connectivity index (χ2v) is 7.67. The van der Waals surface area contributed by atoms with E-state index in [4.69, 9.17) is 16.0 Å². The molecule has 114 valence electrons. The van der Waals surface area contributed by atoms with E-state index in [0.29, 0.717) is 17.1 Å². The number of hydrogen-bond donors (Lipinski definition) is 0. The van der Waals surface area contributed by atoms with Crippen LogP contribution in [0.25, 0.3) is 0 Å². The topological polar surface area (TPSA) is 50.5 Å². The van der Waals surface area contributed by atoms with E-state index >= 15 is 0 Å². The highest BCUT2D eigenvalue weighted by Crippen LogP contribution is 2.33. The molecule has 1 aromatic rings. The first-order chi connectivity index (χ1) is 9.39. The minimum atomic E-state index is -3.54. The van der Waals surface area contributed by atoms with Crippen LogP contribution < -0.4 is 0 Å². The number of aryl methyl sites for hydroxylation is 2. The minimum absolute atomic E-state index is 0.0894. The Kier molecular flexibility index (Phi) is 4.82. The molecule has 1 fully saturated rings. The monoisotopic (exact) mass is 319 g/mol. The van der Waals surface area contributed by atoms with Gasteiger partial charge in [0.2, 0.25) is 10.0 Å². The van der Waals surface area contributed by atoms with E-state index in [1.807, 2.05) is 0 Å². The largest absolute Gasteiger partial charge is 0.465 e. The van der Waals surface area contributed by atoms with Crippen molar-refractivity contribution in [2.24, 2.45) is 0 Å². The molecule has 0 aliphatic heterocycles. The van der Waals surface area contributed by atoms with Gasteiger partial charge in [-0.15, -0.1) is 11.6 Å². The van der Waals surface area contributed by atoms with Crippen molar-refractivity contribution in [1.29, 1.82) is 0 Å². The SMILES string of the molecule is Cc1oc(C)c(S(=O)(=O)N(C)C2CCCCC2)c1CCl. The summed E-state index contributed by atoms with van der Waals surface area (Å²) < 4.78 is 32.7. The van der Waals surface area contributed by atoms with Gasteiger partial charge in [0.25, 0.3) is 0 Å². The molecule has 0 aromatic carbocycles. The normalized spacial score (nSPS) is 17.9. The summed E-state index contributed by atoms with van der Waals surface area (Å²) in [5, 5.41) is 0. The molecule has 0 N–H and O–H groups in total. The predicted molar refractivity (Wildman–Crippen MR) is 79.6 cm³/mol. The van der Waals surface area contributed by atoms with Gasteiger partial charge in [0.1, 0.15) is 16.4 Å². The molecule has 0 amide bonds. The Balaban J connectivity index is 2.39. The van der Waals surface area contributed by atoms with Gasteiger partial charge in [-0.05, 0) is 26.7 Å². The van der Waals surface area contributed by atoms with Gasteiger partial charge in [-0.1, -0.05) is 19.3 Å². The second kappa shape index (κ2) is 6.08. The third-order valence-electron chi connectivity index (χ3n) is 4.18. The Bertz CT molecular complexity index is 573. The quantitative estimate of drug-likeness (QED) is 0.797. The number of furan rings is 1. The fraction of sp³-hybridized carbons (Fsp3) is 0.714. The Morgan fingerprint density at radius 2 is 1.80 bits per heavy atom. The molecule has 1 aliphatic rings. The maximum Gasteiger partial charge on any atom is 0.246 e.